The van der Waals surface area contributed by atoms with Crippen LogP contribution in [0, 0.1) is 24.2 Å². The summed E-state index contributed by atoms with van der Waals surface area (Å²) in [7, 11) is -1.39. The van der Waals surface area contributed by atoms with Crippen molar-refractivity contribution in [3.63, 3.8) is 0 Å². The number of hydrogen-bond donors (Lipinski definition) is 0. The van der Waals surface area contributed by atoms with Gasteiger partial charge in [-0.3, -0.25) is 4.21 Å². The number of alkyl halides is 3. The molecule has 3 atom stereocenters. The Bertz CT molecular complexity index is 240. The van der Waals surface area contributed by atoms with Crippen LogP contribution < -0.4 is 0 Å². The van der Waals surface area contributed by atoms with Crippen LogP contribution >= 0.6 is 0 Å². The van der Waals surface area contributed by atoms with Crippen LogP contribution in [0.1, 0.15) is 0 Å². The Morgan fingerprint density at radius 1 is 1.42 bits per heavy atom. The van der Waals surface area contributed by atoms with Gasteiger partial charge in [0.2, 0.25) is 0 Å². The fraction of sp³-hybridized carbons (Fsp3) is 0.714. The third kappa shape index (κ3) is 1.81. The van der Waals surface area contributed by atoms with Crippen LogP contribution in [0.2, 0.25) is 0 Å². The Kier molecular flexibility index (Phi) is 2.47. The lowest BCUT2D eigenvalue weighted by Gasteiger charge is -2.16. The predicted molar refractivity (Wildman–Crippen MR) is 39.7 cm³/mol. The molecule has 0 aromatic carbocycles. The zero-order valence-electron chi connectivity index (χ0n) is 6.10. The first-order chi connectivity index (χ1) is 5.45. The molecular formula is C7H7F3OS. The molecule has 1 rings (SSSR count). The van der Waals surface area contributed by atoms with Crippen molar-refractivity contribution in [3.05, 3.63) is 0 Å². The lowest BCUT2D eigenvalue weighted by molar-refractivity contribution is -0.173. The first-order valence-electron chi connectivity index (χ1n) is 3.33. The normalized spacial score (nSPS) is 36.3. The second kappa shape index (κ2) is 3.09. The van der Waals surface area contributed by atoms with E-state index >= 15 is 0 Å². The third-order valence-electron chi connectivity index (χ3n) is 1.85. The molecule has 3 unspecified atom stereocenters. The summed E-state index contributed by atoms with van der Waals surface area (Å²) in [5.74, 6) is -0.774. The lowest BCUT2D eigenvalue weighted by atomic mass is 9.97. The summed E-state index contributed by atoms with van der Waals surface area (Å²) in [6.07, 6.45) is 0.596. The predicted octanol–water partition coefficient (Wildman–Crippen LogP) is 1.18. The highest BCUT2D eigenvalue weighted by molar-refractivity contribution is 7.85. The van der Waals surface area contributed by atoms with Crippen LogP contribution in [0.5, 0.6) is 0 Å². The van der Waals surface area contributed by atoms with E-state index in [1.807, 2.05) is 5.92 Å². The fourth-order valence-corrected chi connectivity index (χ4v) is 2.87. The van der Waals surface area contributed by atoms with E-state index in [1.54, 1.807) is 0 Å². The maximum atomic E-state index is 12.1. The molecule has 0 N–H and O–H groups in total. The van der Waals surface area contributed by atoms with Crippen LogP contribution in [0.3, 0.4) is 0 Å². The Morgan fingerprint density at radius 3 is 2.33 bits per heavy atom. The van der Waals surface area contributed by atoms with E-state index in [2.05, 4.69) is 0 Å². The Hall–Kier alpha value is -0.500. The first-order valence-corrected chi connectivity index (χ1v) is 4.81. The highest BCUT2D eigenvalue weighted by atomic mass is 32.2. The smallest absolute Gasteiger partial charge is 0.260 e. The molecule has 0 radical (unpaired) electrons. The van der Waals surface area contributed by atoms with Gasteiger partial charge in [-0.05, 0) is 0 Å². The zero-order valence-corrected chi connectivity index (χ0v) is 6.91. The SMILES string of the molecule is C#CC1CS(=O)CC1C(F)(F)F. The maximum Gasteiger partial charge on any atom is 0.393 e. The summed E-state index contributed by atoms with van der Waals surface area (Å²) in [5.41, 5.74) is 0. The number of hydrogen-bond acceptors (Lipinski definition) is 1. The molecule has 0 bridgehead atoms. The fourth-order valence-electron chi connectivity index (χ4n) is 1.19. The van der Waals surface area contributed by atoms with Gasteiger partial charge < -0.3 is 0 Å². The van der Waals surface area contributed by atoms with Crippen LogP contribution in [0.4, 0.5) is 13.2 Å². The maximum absolute atomic E-state index is 12.1. The molecule has 0 amide bonds. The molecule has 5 heteroatoms. The summed E-state index contributed by atoms with van der Waals surface area (Å²) in [5, 5.41) is 0. The lowest BCUT2D eigenvalue weighted by Crippen LogP contribution is -2.28. The topological polar surface area (TPSA) is 17.1 Å². The molecule has 1 fully saturated rings. The van der Waals surface area contributed by atoms with Crippen LogP contribution in [0.15, 0.2) is 0 Å². The van der Waals surface area contributed by atoms with E-state index in [4.69, 9.17) is 6.42 Å². The van der Waals surface area contributed by atoms with E-state index in [0.29, 0.717) is 0 Å². The van der Waals surface area contributed by atoms with Crippen molar-refractivity contribution in [2.75, 3.05) is 11.5 Å². The third-order valence-corrected chi connectivity index (χ3v) is 3.31. The minimum Gasteiger partial charge on any atom is -0.260 e. The monoisotopic (exact) mass is 196 g/mol. The van der Waals surface area contributed by atoms with Gasteiger partial charge in [-0.15, -0.1) is 12.3 Å². The summed E-state index contributed by atoms with van der Waals surface area (Å²) in [6, 6.07) is 0. The van der Waals surface area contributed by atoms with E-state index < -0.39 is 28.8 Å². The van der Waals surface area contributed by atoms with Gasteiger partial charge in [0, 0.05) is 28.2 Å². The molecule has 0 saturated carbocycles. The Labute approximate surface area is 70.8 Å². The van der Waals surface area contributed by atoms with E-state index in [9.17, 15) is 17.4 Å². The standard InChI is InChI=1S/C7H7F3OS/c1-2-5-3-12(11)4-6(5)7(8,9)10/h1,5-6H,3-4H2. The quantitative estimate of drug-likeness (QED) is 0.532. The molecule has 0 spiro atoms. The van der Waals surface area contributed by atoms with Crippen molar-refractivity contribution in [2.24, 2.45) is 11.8 Å². The molecule has 12 heavy (non-hydrogen) atoms. The van der Waals surface area contributed by atoms with Crippen molar-refractivity contribution in [1.82, 2.24) is 0 Å². The van der Waals surface area contributed by atoms with Crippen molar-refractivity contribution in [2.45, 2.75) is 6.18 Å². The van der Waals surface area contributed by atoms with Gasteiger partial charge >= 0.3 is 6.18 Å². The average Bonchev–Trinajstić information content (AvgIpc) is 2.29. The molecule has 0 aliphatic carbocycles. The van der Waals surface area contributed by atoms with Crippen molar-refractivity contribution < 1.29 is 17.4 Å². The van der Waals surface area contributed by atoms with Gasteiger partial charge in [-0.1, -0.05) is 0 Å². The van der Waals surface area contributed by atoms with E-state index in [0.717, 1.165) is 0 Å². The molecule has 1 heterocycles. The molecule has 0 aromatic rings. The number of halogens is 3. The molecule has 0 aromatic heterocycles. The van der Waals surface area contributed by atoms with Gasteiger partial charge in [-0.2, -0.15) is 13.2 Å². The van der Waals surface area contributed by atoms with E-state index in [-0.39, 0.29) is 11.5 Å². The minimum absolute atomic E-state index is 0.0132. The zero-order chi connectivity index (χ0) is 9.35. The van der Waals surface area contributed by atoms with Gasteiger partial charge in [0.1, 0.15) is 0 Å². The van der Waals surface area contributed by atoms with Crippen molar-refractivity contribution >= 4 is 10.8 Å². The van der Waals surface area contributed by atoms with Crippen molar-refractivity contribution in [3.8, 4) is 12.3 Å². The summed E-state index contributed by atoms with van der Waals surface area (Å²) < 4.78 is 47.2. The second-order valence-corrected chi connectivity index (χ2v) is 4.24. The highest BCUT2D eigenvalue weighted by Gasteiger charge is 2.49. The number of rotatable bonds is 0. The van der Waals surface area contributed by atoms with Crippen molar-refractivity contribution in [1.29, 1.82) is 0 Å². The van der Waals surface area contributed by atoms with E-state index in [1.165, 1.54) is 0 Å². The average molecular weight is 196 g/mol. The largest absolute Gasteiger partial charge is 0.393 e. The molecule has 1 nitrogen and oxygen atoms in total. The van der Waals surface area contributed by atoms with Crippen LogP contribution in [-0.4, -0.2) is 21.9 Å². The Balaban J connectivity index is 2.79. The second-order valence-electron chi connectivity index (χ2n) is 2.69. The van der Waals surface area contributed by atoms with Crippen LogP contribution in [0.25, 0.3) is 0 Å². The van der Waals surface area contributed by atoms with Crippen LogP contribution in [-0.2, 0) is 10.8 Å². The minimum atomic E-state index is -4.30. The summed E-state index contributed by atoms with van der Waals surface area (Å²) >= 11 is 0. The van der Waals surface area contributed by atoms with Gasteiger partial charge in [0.05, 0.1) is 5.92 Å². The number of terminal acetylenes is 1. The summed E-state index contributed by atoms with van der Waals surface area (Å²) in [4.78, 5) is 0. The van der Waals surface area contributed by atoms with Gasteiger partial charge in [0.25, 0.3) is 0 Å². The van der Waals surface area contributed by atoms with Gasteiger partial charge in [0.15, 0.2) is 0 Å². The highest BCUT2D eigenvalue weighted by Crippen LogP contribution is 2.36. The van der Waals surface area contributed by atoms with Gasteiger partial charge in [-0.25, -0.2) is 0 Å². The molecule has 1 aliphatic heterocycles. The summed E-state index contributed by atoms with van der Waals surface area (Å²) in [6.45, 7) is 0. The molecule has 1 aliphatic rings. The molecular weight excluding hydrogens is 189 g/mol. The molecule has 1 saturated heterocycles. The Morgan fingerprint density at radius 2 is 2.00 bits per heavy atom. The first kappa shape index (κ1) is 9.59. The molecule has 68 valence electrons.